The van der Waals surface area contributed by atoms with E-state index in [-0.39, 0.29) is 88.6 Å². The standard InChI is InChI=1S/C10H16N2O8.2Ca.H3O4P.4H/c13-7(14)3-11(4-8(15)16)1-2-12(5-9(17)18)6-10(19)20;;;1-5(2,3)4;;;;/h1-6H2,(H,13,14)(H,15,16)(H,17,18)(H,19,20);;;(H3,1,2,3,4);;;;. The van der Waals surface area contributed by atoms with Crippen LogP contribution in [0.1, 0.15) is 0 Å². The van der Waals surface area contributed by atoms with Crippen molar-refractivity contribution in [1.29, 1.82) is 0 Å². The van der Waals surface area contributed by atoms with Gasteiger partial charge in [-0.05, 0) is 0 Å². The van der Waals surface area contributed by atoms with Gasteiger partial charge in [0, 0.05) is 13.1 Å². The van der Waals surface area contributed by atoms with Crippen LogP contribution in [0, 0.1) is 0 Å². The number of nitrogens with zero attached hydrogens (tertiary/aromatic N) is 2. The first-order valence-corrected chi connectivity index (χ1v) is 7.87. The molecule has 0 aliphatic heterocycles. The van der Waals surface area contributed by atoms with Crippen molar-refractivity contribution in [3.05, 3.63) is 0 Å². The van der Waals surface area contributed by atoms with Gasteiger partial charge in [-0.3, -0.25) is 29.0 Å². The van der Waals surface area contributed by atoms with Gasteiger partial charge in [-0.25, -0.2) is 4.57 Å². The zero-order valence-corrected chi connectivity index (χ0v) is 13.7. The summed E-state index contributed by atoms with van der Waals surface area (Å²) in [7, 11) is -4.64. The van der Waals surface area contributed by atoms with Gasteiger partial charge in [-0.1, -0.05) is 0 Å². The van der Waals surface area contributed by atoms with Crippen molar-refractivity contribution in [2.24, 2.45) is 0 Å². The summed E-state index contributed by atoms with van der Waals surface area (Å²) in [6.45, 7) is -2.25. The van der Waals surface area contributed by atoms with E-state index in [0.717, 1.165) is 9.80 Å². The Hall–Kier alpha value is 0.429. The van der Waals surface area contributed by atoms with E-state index in [9.17, 15) is 19.2 Å². The Labute approximate surface area is 213 Å². The summed E-state index contributed by atoms with van der Waals surface area (Å²) < 4.78 is 8.88. The Morgan fingerprint density at radius 3 is 0.852 bits per heavy atom. The summed E-state index contributed by atoms with van der Waals surface area (Å²) in [6.07, 6.45) is 0. The molecule has 0 aliphatic carbocycles. The molecule has 17 heteroatoms. The van der Waals surface area contributed by atoms with Crippen LogP contribution in [0.4, 0.5) is 0 Å². The minimum absolute atomic E-state index is 0. The number of aliphatic carboxylic acids is 4. The second kappa shape index (κ2) is 18.5. The van der Waals surface area contributed by atoms with Crippen LogP contribution in [0.25, 0.3) is 0 Å². The number of rotatable bonds is 11. The molecule has 0 saturated heterocycles. The molecule has 0 aromatic heterocycles. The molecule has 154 valence electrons. The van der Waals surface area contributed by atoms with Crippen molar-refractivity contribution < 1.29 is 58.8 Å². The fourth-order valence-corrected chi connectivity index (χ4v) is 1.48. The molecular weight excluding hydrogens is 451 g/mol. The first kappa shape index (κ1) is 34.9. The summed E-state index contributed by atoms with van der Waals surface area (Å²) in [5, 5.41) is 34.5. The molecule has 0 heterocycles. The van der Waals surface area contributed by atoms with E-state index in [1.807, 2.05) is 0 Å². The number of hydrogen-bond donors (Lipinski definition) is 7. The van der Waals surface area contributed by atoms with Crippen LogP contribution >= 0.6 is 7.82 Å². The molecule has 0 aromatic carbocycles. The van der Waals surface area contributed by atoms with Gasteiger partial charge < -0.3 is 35.1 Å². The fraction of sp³-hybridized carbons (Fsp3) is 0.600. The van der Waals surface area contributed by atoms with E-state index in [1.165, 1.54) is 0 Å². The maximum absolute atomic E-state index is 10.6. The summed E-state index contributed by atoms with van der Waals surface area (Å²) in [4.78, 5) is 65.9. The van der Waals surface area contributed by atoms with Gasteiger partial charge in [0.25, 0.3) is 0 Å². The van der Waals surface area contributed by atoms with Gasteiger partial charge in [-0.15, -0.1) is 0 Å². The second-order valence-electron chi connectivity index (χ2n) is 4.51. The van der Waals surface area contributed by atoms with E-state index in [2.05, 4.69) is 0 Å². The van der Waals surface area contributed by atoms with Crippen molar-refractivity contribution in [2.45, 2.75) is 0 Å². The molecule has 0 aliphatic rings. The van der Waals surface area contributed by atoms with E-state index in [0.29, 0.717) is 0 Å². The third-order valence-corrected chi connectivity index (χ3v) is 2.17. The van der Waals surface area contributed by atoms with Crippen LogP contribution in [-0.2, 0) is 23.7 Å². The molecule has 0 spiro atoms. The Balaban J connectivity index is -0.000000333. The van der Waals surface area contributed by atoms with Crippen LogP contribution in [0.15, 0.2) is 0 Å². The summed E-state index contributed by atoms with van der Waals surface area (Å²) in [6, 6.07) is 0. The fourth-order valence-electron chi connectivity index (χ4n) is 1.48. The molecule has 0 radical (unpaired) electrons. The quantitative estimate of drug-likeness (QED) is 0.110. The first-order chi connectivity index (χ1) is 11.2. The third-order valence-electron chi connectivity index (χ3n) is 2.17. The molecule has 0 amide bonds. The van der Waals surface area contributed by atoms with Gasteiger partial charge in [0.15, 0.2) is 0 Å². The van der Waals surface area contributed by atoms with Crippen LogP contribution in [0.2, 0.25) is 0 Å². The Morgan fingerprint density at radius 1 is 0.593 bits per heavy atom. The average molecular weight is 474 g/mol. The summed E-state index contributed by atoms with van der Waals surface area (Å²) in [5.41, 5.74) is 0. The first-order valence-electron chi connectivity index (χ1n) is 6.31. The van der Waals surface area contributed by atoms with Crippen LogP contribution in [0.5, 0.6) is 0 Å². The third kappa shape index (κ3) is 34.3. The SMILES string of the molecule is O=C(O)CN(CCN(CC(=O)O)CC(=O)O)CC(=O)O.O=P(O)(O)O.[CaH2].[CaH2]. The molecule has 0 rings (SSSR count). The van der Waals surface area contributed by atoms with Crippen molar-refractivity contribution in [2.75, 3.05) is 39.3 Å². The van der Waals surface area contributed by atoms with Gasteiger partial charge in [0.2, 0.25) is 0 Å². The van der Waals surface area contributed by atoms with Crippen LogP contribution in [0.3, 0.4) is 0 Å². The Kier molecular flexibility index (Phi) is 23.9. The Morgan fingerprint density at radius 2 is 0.741 bits per heavy atom. The Bertz CT molecular complexity index is 452. The van der Waals surface area contributed by atoms with Crippen molar-refractivity contribution in [3.63, 3.8) is 0 Å². The predicted octanol–water partition coefficient (Wildman–Crippen LogP) is -4.83. The monoisotopic (exact) mass is 474 g/mol. The molecular formula is C10H23Ca2N2O12P. The van der Waals surface area contributed by atoms with E-state index >= 15 is 0 Å². The molecule has 14 nitrogen and oxygen atoms in total. The average Bonchev–Trinajstić information content (AvgIpc) is 2.30. The topological polar surface area (TPSA) is 233 Å². The molecule has 7 N–H and O–H groups in total. The number of carboxylic acids is 4. The van der Waals surface area contributed by atoms with E-state index in [1.54, 1.807) is 0 Å². The van der Waals surface area contributed by atoms with Crippen LogP contribution < -0.4 is 0 Å². The van der Waals surface area contributed by atoms with E-state index in [4.69, 9.17) is 39.7 Å². The number of carboxylic acid groups (broad SMARTS) is 4. The zero-order chi connectivity index (χ0) is 20.2. The van der Waals surface area contributed by atoms with Crippen molar-refractivity contribution >= 4 is 107 Å². The molecule has 0 bridgehead atoms. The normalized spacial score (nSPS) is 10.1. The minimum atomic E-state index is -4.64. The zero-order valence-electron chi connectivity index (χ0n) is 12.8. The molecule has 0 saturated carbocycles. The number of hydrogen-bond acceptors (Lipinski definition) is 7. The van der Waals surface area contributed by atoms with Crippen LogP contribution in [-0.4, -0.2) is 184 Å². The van der Waals surface area contributed by atoms with Gasteiger partial charge in [-0.2, -0.15) is 0 Å². The molecule has 0 aromatic rings. The van der Waals surface area contributed by atoms with Crippen molar-refractivity contribution in [3.8, 4) is 0 Å². The van der Waals surface area contributed by atoms with Crippen molar-refractivity contribution in [1.82, 2.24) is 9.80 Å². The maximum atomic E-state index is 10.6. The predicted molar refractivity (Wildman–Crippen MR) is 94.8 cm³/mol. The van der Waals surface area contributed by atoms with Gasteiger partial charge in [0.1, 0.15) is 0 Å². The second-order valence-corrected chi connectivity index (χ2v) is 5.54. The number of phosphoric acid groups is 1. The van der Waals surface area contributed by atoms with Gasteiger partial charge >= 0.3 is 107 Å². The number of carbonyl (C=O) groups is 4. The molecule has 0 unspecified atom stereocenters. The molecule has 0 atom stereocenters. The molecule has 27 heavy (non-hydrogen) atoms. The summed E-state index contributed by atoms with van der Waals surface area (Å²) >= 11 is 0. The summed E-state index contributed by atoms with van der Waals surface area (Å²) in [5.74, 6) is -4.91. The van der Waals surface area contributed by atoms with Gasteiger partial charge in [0.05, 0.1) is 26.2 Å². The van der Waals surface area contributed by atoms with E-state index < -0.39 is 57.9 Å². The molecule has 0 fully saturated rings.